The van der Waals surface area contributed by atoms with Gasteiger partial charge in [-0.1, -0.05) is 105 Å². The molecule has 0 aliphatic heterocycles. The van der Waals surface area contributed by atoms with Crippen molar-refractivity contribution in [1.82, 2.24) is 0 Å². The van der Waals surface area contributed by atoms with Gasteiger partial charge in [-0.2, -0.15) is 0 Å². The van der Waals surface area contributed by atoms with Crippen LogP contribution in [0.5, 0.6) is 0 Å². The summed E-state index contributed by atoms with van der Waals surface area (Å²) in [5, 5.41) is 0. The highest BCUT2D eigenvalue weighted by Gasteiger charge is 1.79. The molecule has 0 unspecified atom stereocenters. The van der Waals surface area contributed by atoms with Crippen LogP contribution in [0.4, 0.5) is 0 Å². The molecule has 0 spiro atoms. The van der Waals surface area contributed by atoms with E-state index in [-0.39, 0.29) is 0 Å². The maximum Gasteiger partial charge on any atom is -0.0257 e. The molecule has 0 aromatic heterocycles. The number of hydrogen-bond acceptors (Lipinski definition) is 0. The van der Waals surface area contributed by atoms with Crippen LogP contribution in [0, 0.1) is 0 Å². The fourth-order valence-electron chi connectivity index (χ4n) is 1.56. The average molecular weight is 262 g/mol. The summed E-state index contributed by atoms with van der Waals surface area (Å²) >= 11 is 0. The van der Waals surface area contributed by atoms with Crippen molar-refractivity contribution in [3.63, 3.8) is 0 Å². The normalized spacial score (nSPS) is 10.2. The largest absolute Gasteiger partial charge is 0.0991 e. The lowest BCUT2D eigenvalue weighted by molar-refractivity contribution is 1.23. The molecule has 102 valence electrons. The number of benzene rings is 2. The molecule has 0 amide bonds. The summed E-state index contributed by atoms with van der Waals surface area (Å²) in [5.41, 5.74) is 2.49. The molecule has 0 nitrogen and oxygen atoms in total. The summed E-state index contributed by atoms with van der Waals surface area (Å²) in [6.07, 6.45) is 11.1. The maximum absolute atomic E-state index is 3.59. The Balaban J connectivity index is 0.000000200. The molecular formula is C20H22. The van der Waals surface area contributed by atoms with Crippen LogP contribution in [-0.4, -0.2) is 0 Å². The first-order chi connectivity index (χ1) is 9.86. The average Bonchev–Trinajstić information content (AvgIpc) is 2.53. The Kier molecular flexibility index (Phi) is 8.31. The van der Waals surface area contributed by atoms with E-state index in [2.05, 4.69) is 62.1 Å². The van der Waals surface area contributed by atoms with Crippen LogP contribution >= 0.6 is 0 Å². The third kappa shape index (κ3) is 7.17. The SMILES string of the molecule is C=CC=Cc1ccccc1.CCC=Cc1ccccc1. The van der Waals surface area contributed by atoms with Crippen molar-refractivity contribution < 1.29 is 0 Å². The molecule has 0 saturated heterocycles. The molecule has 2 rings (SSSR count). The van der Waals surface area contributed by atoms with Crippen molar-refractivity contribution in [1.29, 1.82) is 0 Å². The summed E-state index contributed by atoms with van der Waals surface area (Å²) in [4.78, 5) is 0. The molecule has 2 aromatic rings. The van der Waals surface area contributed by atoms with Gasteiger partial charge in [-0.05, 0) is 17.5 Å². The zero-order chi connectivity index (χ0) is 14.5. The quantitative estimate of drug-likeness (QED) is 0.593. The maximum atomic E-state index is 3.59. The Morgan fingerprint density at radius 2 is 1.30 bits per heavy atom. The van der Waals surface area contributed by atoms with E-state index < -0.39 is 0 Å². The Hall–Kier alpha value is -2.34. The fourth-order valence-corrected chi connectivity index (χ4v) is 1.56. The molecule has 0 aliphatic carbocycles. The van der Waals surface area contributed by atoms with Crippen molar-refractivity contribution in [2.45, 2.75) is 13.3 Å². The number of allylic oxidation sites excluding steroid dienone is 3. The fraction of sp³-hybridized carbons (Fsp3) is 0.100. The second-order valence-corrected chi connectivity index (χ2v) is 4.23. The highest BCUT2D eigenvalue weighted by molar-refractivity contribution is 5.50. The van der Waals surface area contributed by atoms with Crippen LogP contribution in [0.1, 0.15) is 24.5 Å². The second kappa shape index (κ2) is 10.6. The van der Waals surface area contributed by atoms with E-state index in [0.29, 0.717) is 0 Å². The van der Waals surface area contributed by atoms with E-state index in [4.69, 9.17) is 0 Å². The summed E-state index contributed by atoms with van der Waals surface area (Å²) < 4.78 is 0. The lowest BCUT2D eigenvalue weighted by atomic mass is 10.2. The van der Waals surface area contributed by atoms with Gasteiger partial charge in [0.2, 0.25) is 0 Å². The van der Waals surface area contributed by atoms with Gasteiger partial charge in [0.05, 0.1) is 0 Å². The third-order valence-corrected chi connectivity index (χ3v) is 2.57. The standard InChI is InChI=1S/C10H12.C10H10/c2*1-2-3-7-10-8-5-4-6-9-10/h3-9H,2H2,1H3;2-9H,1H2. The molecule has 0 aliphatic rings. The van der Waals surface area contributed by atoms with Crippen LogP contribution in [0.3, 0.4) is 0 Å². The van der Waals surface area contributed by atoms with Crippen LogP contribution in [0.25, 0.3) is 12.2 Å². The summed E-state index contributed by atoms with van der Waals surface area (Å²) in [5.74, 6) is 0. The van der Waals surface area contributed by atoms with Gasteiger partial charge in [0.25, 0.3) is 0 Å². The second-order valence-electron chi connectivity index (χ2n) is 4.23. The minimum atomic E-state index is 1.11. The van der Waals surface area contributed by atoms with Crippen molar-refractivity contribution >= 4 is 12.2 Å². The minimum Gasteiger partial charge on any atom is -0.0991 e. The predicted octanol–water partition coefficient (Wildman–Crippen LogP) is 6.00. The van der Waals surface area contributed by atoms with E-state index in [9.17, 15) is 0 Å². The molecule has 0 radical (unpaired) electrons. The lowest BCUT2D eigenvalue weighted by Gasteiger charge is -1.88. The first-order valence-electron chi connectivity index (χ1n) is 6.92. The Bertz CT molecular complexity index is 518. The van der Waals surface area contributed by atoms with Crippen LogP contribution in [0.15, 0.2) is 85.5 Å². The Labute approximate surface area is 122 Å². The minimum absolute atomic E-state index is 1.11. The van der Waals surface area contributed by atoms with Gasteiger partial charge in [0.1, 0.15) is 0 Å². The zero-order valence-corrected chi connectivity index (χ0v) is 12.1. The first kappa shape index (κ1) is 15.7. The molecule has 2 aromatic carbocycles. The van der Waals surface area contributed by atoms with Gasteiger partial charge in [-0.3, -0.25) is 0 Å². The molecule has 0 heterocycles. The van der Waals surface area contributed by atoms with Crippen LogP contribution in [0.2, 0.25) is 0 Å². The molecule has 0 saturated carbocycles. The highest BCUT2D eigenvalue weighted by atomic mass is 13.9. The van der Waals surface area contributed by atoms with Crippen molar-refractivity contribution in [2.75, 3.05) is 0 Å². The van der Waals surface area contributed by atoms with E-state index in [1.807, 2.05) is 36.4 Å². The molecule has 20 heavy (non-hydrogen) atoms. The third-order valence-electron chi connectivity index (χ3n) is 2.57. The molecular weight excluding hydrogens is 240 g/mol. The molecule has 0 fully saturated rings. The van der Waals surface area contributed by atoms with Gasteiger partial charge >= 0.3 is 0 Å². The number of hydrogen-bond donors (Lipinski definition) is 0. The molecule has 0 N–H and O–H groups in total. The summed E-state index contributed by atoms with van der Waals surface area (Å²) in [7, 11) is 0. The van der Waals surface area contributed by atoms with Crippen molar-refractivity contribution in [3.8, 4) is 0 Å². The molecule has 0 heteroatoms. The van der Waals surface area contributed by atoms with E-state index in [1.165, 1.54) is 11.1 Å². The first-order valence-corrected chi connectivity index (χ1v) is 6.92. The summed E-state index contributed by atoms with van der Waals surface area (Å²) in [6.45, 7) is 5.73. The molecule has 0 bridgehead atoms. The monoisotopic (exact) mass is 262 g/mol. The highest BCUT2D eigenvalue weighted by Crippen LogP contribution is 2.01. The Morgan fingerprint density at radius 3 is 1.75 bits per heavy atom. The molecule has 0 atom stereocenters. The topological polar surface area (TPSA) is 0 Å². The van der Waals surface area contributed by atoms with Crippen molar-refractivity contribution in [2.24, 2.45) is 0 Å². The van der Waals surface area contributed by atoms with E-state index in [1.54, 1.807) is 6.08 Å². The van der Waals surface area contributed by atoms with Gasteiger partial charge in [0.15, 0.2) is 0 Å². The van der Waals surface area contributed by atoms with Gasteiger partial charge in [-0.15, -0.1) is 0 Å². The van der Waals surface area contributed by atoms with Gasteiger partial charge in [0, 0.05) is 0 Å². The lowest BCUT2D eigenvalue weighted by Crippen LogP contribution is -1.66. The van der Waals surface area contributed by atoms with Crippen LogP contribution in [-0.2, 0) is 0 Å². The van der Waals surface area contributed by atoms with Gasteiger partial charge in [-0.25, -0.2) is 0 Å². The van der Waals surface area contributed by atoms with E-state index >= 15 is 0 Å². The zero-order valence-electron chi connectivity index (χ0n) is 12.1. The van der Waals surface area contributed by atoms with E-state index in [0.717, 1.165) is 6.42 Å². The smallest absolute Gasteiger partial charge is 0.0257 e. The van der Waals surface area contributed by atoms with Gasteiger partial charge < -0.3 is 0 Å². The predicted molar refractivity (Wildman–Crippen MR) is 91.4 cm³/mol. The number of rotatable bonds is 4. The van der Waals surface area contributed by atoms with Crippen molar-refractivity contribution in [3.05, 3.63) is 96.6 Å². The summed E-state index contributed by atoms with van der Waals surface area (Å²) in [6, 6.07) is 20.5. The Morgan fingerprint density at radius 1 is 0.800 bits per heavy atom. The van der Waals surface area contributed by atoms with Crippen LogP contribution < -0.4 is 0 Å².